The Morgan fingerprint density at radius 3 is 2.44 bits per heavy atom. The summed E-state index contributed by atoms with van der Waals surface area (Å²) >= 11 is 5.80. The Balaban J connectivity index is 2.07. The fourth-order valence-corrected chi connectivity index (χ4v) is 5.50. The highest BCUT2D eigenvalue weighted by Crippen LogP contribution is 2.41. The summed E-state index contributed by atoms with van der Waals surface area (Å²) in [7, 11) is -3.98. The summed E-state index contributed by atoms with van der Waals surface area (Å²) in [5.74, 6) is -2.16. The van der Waals surface area contributed by atoms with E-state index in [1.54, 1.807) is 0 Å². The van der Waals surface area contributed by atoms with Gasteiger partial charge in [-0.05, 0) is 37.1 Å². The van der Waals surface area contributed by atoms with Crippen LogP contribution in [0.2, 0.25) is 5.02 Å². The van der Waals surface area contributed by atoms with Crippen LogP contribution in [-0.2, 0) is 19.6 Å². The Hall–Kier alpha value is -1.90. The van der Waals surface area contributed by atoms with E-state index in [0.717, 1.165) is 0 Å². The number of aliphatic carboxylic acids is 1. The number of fused-ring (bicyclic) bond motifs is 2. The molecule has 2 fully saturated rings. The highest BCUT2D eigenvalue weighted by Gasteiger charge is 2.51. The van der Waals surface area contributed by atoms with Crippen LogP contribution in [0.4, 0.5) is 0 Å². The van der Waals surface area contributed by atoms with E-state index < -0.39 is 34.0 Å². The van der Waals surface area contributed by atoms with Crippen molar-refractivity contribution in [3.05, 3.63) is 41.1 Å². The Morgan fingerprint density at radius 2 is 1.88 bits per heavy atom. The monoisotopic (exact) mass is 385 g/mol. The number of benzene rings is 1. The van der Waals surface area contributed by atoms with Gasteiger partial charge < -0.3 is 10.2 Å². The molecule has 0 amide bonds. The average molecular weight is 386 g/mol. The smallest absolute Gasteiger partial charge is 0.306 e. The molecule has 25 heavy (non-hydrogen) atoms. The molecule has 9 heteroatoms. The normalized spacial score (nSPS) is 28.9. The van der Waals surface area contributed by atoms with Crippen LogP contribution < -0.4 is 0 Å². The van der Waals surface area contributed by atoms with Crippen molar-refractivity contribution in [3.8, 4) is 0 Å². The van der Waals surface area contributed by atoms with Crippen molar-refractivity contribution in [3.63, 3.8) is 0 Å². The van der Waals surface area contributed by atoms with Gasteiger partial charge in [0.15, 0.2) is 5.78 Å². The molecular weight excluding hydrogens is 370 g/mol. The largest absolute Gasteiger partial charge is 0.515 e. The number of halogens is 1. The van der Waals surface area contributed by atoms with Gasteiger partial charge in [0.1, 0.15) is 0 Å². The van der Waals surface area contributed by atoms with Crippen molar-refractivity contribution < 1.29 is 28.2 Å². The molecule has 1 aromatic carbocycles. The third kappa shape index (κ3) is 3.05. The fraction of sp³-hybridized carbons (Fsp3) is 0.375. The van der Waals surface area contributed by atoms with E-state index in [2.05, 4.69) is 0 Å². The Bertz CT molecular complexity index is 848. The third-order valence-electron chi connectivity index (χ3n) is 4.71. The first-order valence-electron chi connectivity index (χ1n) is 7.65. The number of aliphatic hydroxyl groups is 1. The lowest BCUT2D eigenvalue weighted by molar-refractivity contribution is -0.145. The summed E-state index contributed by atoms with van der Waals surface area (Å²) in [6.07, 6.45) is 0.442. The van der Waals surface area contributed by atoms with E-state index in [4.69, 9.17) is 11.6 Å². The van der Waals surface area contributed by atoms with Crippen LogP contribution in [0, 0.1) is 5.92 Å². The van der Waals surface area contributed by atoms with E-state index in [1.807, 2.05) is 0 Å². The quantitative estimate of drug-likeness (QED) is 0.607. The predicted molar refractivity (Wildman–Crippen MR) is 88.7 cm³/mol. The number of hydrogen-bond donors (Lipinski definition) is 2. The lowest BCUT2D eigenvalue weighted by atomic mass is 9.77. The Morgan fingerprint density at radius 1 is 1.24 bits per heavy atom. The zero-order valence-corrected chi connectivity index (χ0v) is 14.6. The molecule has 7 nitrogen and oxygen atoms in total. The Labute approximate surface area is 149 Å². The molecule has 0 aromatic heterocycles. The topological polar surface area (TPSA) is 112 Å². The highest BCUT2D eigenvalue weighted by molar-refractivity contribution is 7.89. The molecule has 2 aliphatic heterocycles. The van der Waals surface area contributed by atoms with Crippen LogP contribution in [0.3, 0.4) is 0 Å². The molecule has 1 aromatic rings. The molecule has 0 saturated carbocycles. The van der Waals surface area contributed by atoms with Crippen LogP contribution in [-0.4, -0.2) is 46.8 Å². The number of sulfonamides is 1. The molecule has 3 rings (SSSR count). The summed E-state index contributed by atoms with van der Waals surface area (Å²) in [6, 6.07) is 3.87. The lowest BCUT2D eigenvalue weighted by Crippen LogP contribution is -2.58. The van der Waals surface area contributed by atoms with Gasteiger partial charge in [0.2, 0.25) is 10.0 Å². The van der Waals surface area contributed by atoms with Gasteiger partial charge in [0.05, 0.1) is 23.1 Å². The minimum Gasteiger partial charge on any atom is -0.515 e. The van der Waals surface area contributed by atoms with Crippen molar-refractivity contribution in [1.82, 2.24) is 4.31 Å². The van der Waals surface area contributed by atoms with Crippen molar-refractivity contribution in [2.45, 2.75) is 36.2 Å². The summed E-state index contributed by atoms with van der Waals surface area (Å²) < 4.78 is 27.3. The van der Waals surface area contributed by atoms with Gasteiger partial charge >= 0.3 is 5.97 Å². The maximum absolute atomic E-state index is 13.1. The molecule has 2 aliphatic rings. The van der Waals surface area contributed by atoms with Crippen molar-refractivity contribution in [1.29, 1.82) is 0 Å². The molecule has 0 radical (unpaired) electrons. The van der Waals surface area contributed by atoms with E-state index in [1.165, 1.54) is 28.6 Å². The van der Waals surface area contributed by atoms with Crippen LogP contribution in [0.1, 0.15) is 19.3 Å². The van der Waals surface area contributed by atoms with E-state index in [9.17, 15) is 28.2 Å². The van der Waals surface area contributed by atoms with Gasteiger partial charge in [0, 0.05) is 23.1 Å². The fourth-order valence-electron chi connectivity index (χ4n) is 3.56. The Kier molecular flexibility index (Phi) is 4.61. The van der Waals surface area contributed by atoms with Crippen molar-refractivity contribution >= 4 is 33.4 Å². The van der Waals surface area contributed by atoms with Crippen LogP contribution in [0.15, 0.2) is 41.0 Å². The summed E-state index contributed by atoms with van der Waals surface area (Å²) in [5.41, 5.74) is -0.0697. The zero-order chi connectivity index (χ0) is 18.4. The van der Waals surface area contributed by atoms with Crippen molar-refractivity contribution in [2.75, 3.05) is 0 Å². The number of hydrogen-bond acceptors (Lipinski definition) is 5. The number of Topliss-reactive ketones (excluding diaryl/α,β-unsaturated/α-hetero) is 1. The van der Waals surface area contributed by atoms with E-state index in [-0.39, 0.29) is 35.5 Å². The maximum atomic E-state index is 13.1. The standard InChI is InChI=1S/C16H16ClNO6S/c17-10-1-3-12(4-2-10)25(23,24)18-11-5-9(16(21)22)6-14(18)13(8-19)15(20)7-11/h1-4,8-9,11,14,19H,5-7H2,(H,21,22). The molecule has 2 saturated heterocycles. The lowest BCUT2D eigenvalue weighted by Gasteiger charge is -2.46. The molecule has 3 unspecified atom stereocenters. The molecule has 0 spiro atoms. The summed E-state index contributed by atoms with van der Waals surface area (Å²) in [6.45, 7) is 0. The van der Waals surface area contributed by atoms with Gasteiger partial charge in [-0.2, -0.15) is 4.31 Å². The second kappa shape index (κ2) is 6.44. The second-order valence-corrected chi connectivity index (χ2v) is 8.46. The van der Waals surface area contributed by atoms with Gasteiger partial charge in [-0.25, -0.2) is 8.42 Å². The molecule has 0 aliphatic carbocycles. The number of carbonyl (C=O) groups is 2. The zero-order valence-electron chi connectivity index (χ0n) is 13.0. The van der Waals surface area contributed by atoms with E-state index in [0.29, 0.717) is 11.3 Å². The third-order valence-corrected chi connectivity index (χ3v) is 6.94. The van der Waals surface area contributed by atoms with Gasteiger partial charge in [-0.3, -0.25) is 9.59 Å². The van der Waals surface area contributed by atoms with Crippen LogP contribution >= 0.6 is 11.6 Å². The number of aliphatic hydroxyl groups excluding tert-OH is 1. The SMILES string of the molecule is O=C1CC2CC(C(=O)O)CC(C1=CO)N2S(=O)(=O)c1ccc(Cl)cc1. The second-order valence-electron chi connectivity index (χ2n) is 6.18. The minimum absolute atomic E-state index is 0.00677. The predicted octanol–water partition coefficient (Wildman–Crippen LogP) is 1.98. The first kappa shape index (κ1) is 17.9. The number of piperidine rings is 2. The average Bonchev–Trinajstić information content (AvgIpc) is 2.54. The summed E-state index contributed by atoms with van der Waals surface area (Å²) in [4.78, 5) is 23.5. The molecular formula is C16H16ClNO6S. The van der Waals surface area contributed by atoms with Gasteiger partial charge in [-0.15, -0.1) is 0 Å². The number of nitrogens with zero attached hydrogens (tertiary/aromatic N) is 1. The first-order chi connectivity index (χ1) is 11.8. The number of ketones is 1. The van der Waals surface area contributed by atoms with Crippen LogP contribution in [0.25, 0.3) is 0 Å². The minimum atomic E-state index is -3.98. The molecule has 2 N–H and O–H groups in total. The molecule has 3 atom stereocenters. The number of carbonyl (C=O) groups excluding carboxylic acids is 1. The van der Waals surface area contributed by atoms with Crippen molar-refractivity contribution in [2.24, 2.45) is 5.92 Å². The van der Waals surface area contributed by atoms with Gasteiger partial charge in [0.25, 0.3) is 0 Å². The molecule has 2 heterocycles. The highest BCUT2D eigenvalue weighted by atomic mass is 35.5. The van der Waals surface area contributed by atoms with Gasteiger partial charge in [-0.1, -0.05) is 11.6 Å². The summed E-state index contributed by atoms with van der Waals surface area (Å²) in [5, 5.41) is 19.1. The van der Waals surface area contributed by atoms with E-state index >= 15 is 0 Å². The first-order valence-corrected chi connectivity index (χ1v) is 9.47. The maximum Gasteiger partial charge on any atom is 0.306 e. The van der Waals surface area contributed by atoms with Crippen LogP contribution in [0.5, 0.6) is 0 Å². The number of carboxylic acid groups (broad SMARTS) is 1. The number of rotatable bonds is 3. The molecule has 134 valence electrons. The molecule has 2 bridgehead atoms. The number of carboxylic acids is 1.